The molecule has 2 aliphatic rings. The van der Waals surface area contributed by atoms with Crippen molar-refractivity contribution in [1.29, 1.82) is 0 Å². The van der Waals surface area contributed by atoms with E-state index in [9.17, 15) is 0 Å². The van der Waals surface area contributed by atoms with Crippen LogP contribution in [0.5, 0.6) is 0 Å². The van der Waals surface area contributed by atoms with Crippen molar-refractivity contribution in [3.8, 4) is 0 Å². The molecule has 1 saturated heterocycles. The van der Waals surface area contributed by atoms with Crippen LogP contribution in [0.3, 0.4) is 0 Å². The summed E-state index contributed by atoms with van der Waals surface area (Å²) in [4.78, 5) is 2.45. The quantitative estimate of drug-likeness (QED) is 0.623. The number of nitrogens with zero attached hydrogens (tertiary/aromatic N) is 1. The van der Waals surface area contributed by atoms with Gasteiger partial charge in [0.1, 0.15) is 0 Å². The van der Waals surface area contributed by atoms with Gasteiger partial charge in [-0.15, -0.1) is 0 Å². The summed E-state index contributed by atoms with van der Waals surface area (Å²) >= 11 is 0. The van der Waals surface area contributed by atoms with Crippen molar-refractivity contribution in [2.24, 2.45) is 5.92 Å². The lowest BCUT2D eigenvalue weighted by Crippen LogP contribution is -2.33. The van der Waals surface area contributed by atoms with E-state index in [0.29, 0.717) is 0 Å². The van der Waals surface area contributed by atoms with Crippen molar-refractivity contribution in [3.63, 3.8) is 0 Å². The molecule has 0 bridgehead atoms. The van der Waals surface area contributed by atoms with Crippen LogP contribution in [0.2, 0.25) is 0 Å². The molecule has 1 aromatic rings. The first-order valence-electron chi connectivity index (χ1n) is 8.59. The second kappa shape index (κ2) is 6.69. The van der Waals surface area contributed by atoms with Gasteiger partial charge < -0.3 is 16.0 Å². The van der Waals surface area contributed by atoms with Gasteiger partial charge in [-0.1, -0.05) is 13.0 Å². The third-order valence-electron chi connectivity index (χ3n) is 4.87. The highest BCUT2D eigenvalue weighted by atomic mass is 15.1. The third kappa shape index (κ3) is 4.13. The minimum atomic E-state index is 0.818. The van der Waals surface area contributed by atoms with Crippen molar-refractivity contribution in [2.75, 3.05) is 30.3 Å². The van der Waals surface area contributed by atoms with Crippen molar-refractivity contribution in [3.05, 3.63) is 23.8 Å². The van der Waals surface area contributed by atoms with Gasteiger partial charge in [-0.3, -0.25) is 0 Å². The Kier molecular flexibility index (Phi) is 4.69. The maximum atomic E-state index is 6.29. The van der Waals surface area contributed by atoms with Crippen LogP contribution in [-0.2, 0) is 6.42 Å². The van der Waals surface area contributed by atoms with Crippen LogP contribution in [0.25, 0.3) is 0 Å². The lowest BCUT2D eigenvalue weighted by Gasteiger charge is -2.33. The van der Waals surface area contributed by atoms with E-state index in [1.807, 2.05) is 0 Å². The van der Waals surface area contributed by atoms with Gasteiger partial charge >= 0.3 is 0 Å². The zero-order valence-electron chi connectivity index (χ0n) is 13.3. The van der Waals surface area contributed by atoms with Crippen molar-refractivity contribution >= 4 is 11.4 Å². The first-order chi connectivity index (χ1) is 10.2. The minimum Gasteiger partial charge on any atom is -0.397 e. The van der Waals surface area contributed by atoms with Gasteiger partial charge in [-0.25, -0.2) is 0 Å². The number of nitrogens with two attached hydrogens (primary N) is 1. The number of rotatable bonds is 6. The van der Waals surface area contributed by atoms with Crippen LogP contribution in [0, 0.1) is 5.92 Å². The Morgan fingerprint density at radius 2 is 1.95 bits per heavy atom. The van der Waals surface area contributed by atoms with Crippen LogP contribution < -0.4 is 16.0 Å². The molecule has 0 atom stereocenters. The fraction of sp³-hybridized carbons (Fsp3) is 0.667. The Morgan fingerprint density at radius 3 is 2.62 bits per heavy atom. The standard InChI is InChI=1S/C18H29N3/c1-14-8-11-21(12-9-14)18-7-4-15(13-17(18)19)3-2-10-20-16-5-6-16/h4,7,13-14,16,20H,2-3,5-6,8-12,19H2,1H3. The largest absolute Gasteiger partial charge is 0.397 e. The van der Waals surface area contributed by atoms with Gasteiger partial charge in [0.05, 0.1) is 11.4 Å². The number of nitrogen functional groups attached to an aromatic ring is 1. The number of hydrogen-bond acceptors (Lipinski definition) is 3. The molecule has 1 aliphatic carbocycles. The van der Waals surface area contributed by atoms with Gasteiger partial charge in [0.25, 0.3) is 0 Å². The number of hydrogen-bond donors (Lipinski definition) is 2. The smallest absolute Gasteiger partial charge is 0.0600 e. The lowest BCUT2D eigenvalue weighted by molar-refractivity contribution is 0.438. The number of benzene rings is 1. The Morgan fingerprint density at radius 1 is 1.19 bits per heavy atom. The maximum absolute atomic E-state index is 6.29. The second-order valence-electron chi connectivity index (χ2n) is 6.89. The Balaban J connectivity index is 1.51. The molecule has 3 N–H and O–H groups in total. The molecule has 1 saturated carbocycles. The van der Waals surface area contributed by atoms with Gasteiger partial charge in [0.2, 0.25) is 0 Å². The molecule has 3 heteroatoms. The molecule has 3 rings (SSSR count). The van der Waals surface area contributed by atoms with E-state index < -0.39 is 0 Å². The highest BCUT2D eigenvalue weighted by Gasteiger charge is 2.20. The molecule has 1 aromatic carbocycles. The van der Waals surface area contributed by atoms with Crippen LogP contribution in [0.4, 0.5) is 11.4 Å². The SMILES string of the molecule is CC1CCN(c2ccc(CCCNC3CC3)cc2N)CC1. The predicted molar refractivity (Wildman–Crippen MR) is 90.8 cm³/mol. The first-order valence-corrected chi connectivity index (χ1v) is 8.59. The number of nitrogens with one attached hydrogen (secondary N) is 1. The molecule has 3 nitrogen and oxygen atoms in total. The summed E-state index contributed by atoms with van der Waals surface area (Å²) in [7, 11) is 0. The predicted octanol–water partition coefficient (Wildman–Crippen LogP) is 3.19. The van der Waals surface area contributed by atoms with Crippen molar-refractivity contribution in [1.82, 2.24) is 5.32 Å². The molecule has 0 unspecified atom stereocenters. The van der Waals surface area contributed by atoms with Gasteiger partial charge in [-0.05, 0) is 68.7 Å². The van der Waals surface area contributed by atoms with E-state index in [2.05, 4.69) is 35.3 Å². The molecule has 1 aliphatic heterocycles. The number of piperidine rings is 1. The molecule has 1 heterocycles. The van der Waals surface area contributed by atoms with E-state index in [1.54, 1.807) is 0 Å². The fourth-order valence-electron chi connectivity index (χ4n) is 3.18. The third-order valence-corrected chi connectivity index (χ3v) is 4.87. The summed E-state index contributed by atoms with van der Waals surface area (Å²) in [6.07, 6.45) is 7.64. The molecule has 2 fully saturated rings. The normalized spacial score (nSPS) is 20.0. The topological polar surface area (TPSA) is 41.3 Å². The first kappa shape index (κ1) is 14.7. The summed E-state index contributed by atoms with van der Waals surface area (Å²) in [6, 6.07) is 7.50. The fourth-order valence-corrected chi connectivity index (χ4v) is 3.18. The van der Waals surface area contributed by atoms with E-state index in [0.717, 1.165) is 43.7 Å². The van der Waals surface area contributed by atoms with E-state index >= 15 is 0 Å². The molecule has 116 valence electrons. The minimum absolute atomic E-state index is 0.818. The van der Waals surface area contributed by atoms with Crippen molar-refractivity contribution < 1.29 is 0 Å². The number of anilines is 2. The highest BCUT2D eigenvalue weighted by molar-refractivity contribution is 5.68. The molecule has 0 spiro atoms. The summed E-state index contributed by atoms with van der Waals surface area (Å²) in [5.41, 5.74) is 9.86. The molecule has 21 heavy (non-hydrogen) atoms. The zero-order valence-corrected chi connectivity index (χ0v) is 13.3. The summed E-state index contributed by atoms with van der Waals surface area (Å²) in [6.45, 7) is 5.78. The number of aryl methyl sites for hydroxylation is 1. The highest BCUT2D eigenvalue weighted by Crippen LogP contribution is 2.29. The summed E-state index contributed by atoms with van der Waals surface area (Å²) in [5.74, 6) is 0.862. The summed E-state index contributed by atoms with van der Waals surface area (Å²) in [5, 5.41) is 3.57. The van der Waals surface area contributed by atoms with Crippen LogP contribution in [0.1, 0.15) is 44.6 Å². The van der Waals surface area contributed by atoms with Crippen LogP contribution >= 0.6 is 0 Å². The monoisotopic (exact) mass is 287 g/mol. The van der Waals surface area contributed by atoms with Crippen LogP contribution in [0.15, 0.2) is 18.2 Å². The molecule has 0 radical (unpaired) electrons. The van der Waals surface area contributed by atoms with E-state index in [1.165, 1.54) is 43.4 Å². The Bertz CT molecular complexity index is 460. The van der Waals surface area contributed by atoms with Gasteiger partial charge in [0, 0.05) is 19.1 Å². The van der Waals surface area contributed by atoms with Crippen LogP contribution in [-0.4, -0.2) is 25.7 Å². The average Bonchev–Trinajstić information content (AvgIpc) is 3.29. The Hall–Kier alpha value is -1.22. The molecule has 0 amide bonds. The maximum Gasteiger partial charge on any atom is 0.0600 e. The lowest BCUT2D eigenvalue weighted by atomic mass is 9.98. The van der Waals surface area contributed by atoms with E-state index in [4.69, 9.17) is 5.73 Å². The molecular formula is C18H29N3. The van der Waals surface area contributed by atoms with Gasteiger partial charge in [-0.2, -0.15) is 0 Å². The zero-order chi connectivity index (χ0) is 14.7. The van der Waals surface area contributed by atoms with Crippen molar-refractivity contribution in [2.45, 2.75) is 51.5 Å². The van der Waals surface area contributed by atoms with E-state index in [-0.39, 0.29) is 0 Å². The average molecular weight is 287 g/mol. The second-order valence-corrected chi connectivity index (χ2v) is 6.89. The van der Waals surface area contributed by atoms with Gasteiger partial charge in [0.15, 0.2) is 0 Å². The molecule has 0 aromatic heterocycles. The molecular weight excluding hydrogens is 258 g/mol. The summed E-state index contributed by atoms with van der Waals surface area (Å²) < 4.78 is 0. The Labute approximate surface area is 128 Å².